The number of hydrogen-bond acceptors (Lipinski definition) is 11. The first-order valence-corrected chi connectivity index (χ1v) is 5.42. The Balaban J connectivity index is 2.32. The molecular weight excluding hydrogens is 284 g/mol. The highest BCUT2D eigenvalue weighted by atomic mass is 16.5. The van der Waals surface area contributed by atoms with Gasteiger partial charge < -0.3 is 14.2 Å². The molecule has 0 aliphatic carbocycles. The van der Waals surface area contributed by atoms with E-state index in [2.05, 4.69) is 40.1 Å². The zero-order valence-corrected chi connectivity index (χ0v) is 11.3. The van der Waals surface area contributed by atoms with Crippen molar-refractivity contribution in [3.05, 3.63) is 10.5 Å². The summed E-state index contributed by atoms with van der Waals surface area (Å²) in [7, 11) is 4.07. The Bertz CT molecular complexity index is 693. The third-order valence-corrected chi connectivity index (χ3v) is 1.98. The first-order valence-electron chi connectivity index (χ1n) is 5.42. The third kappa shape index (κ3) is 3.65. The molecule has 0 saturated carbocycles. The summed E-state index contributed by atoms with van der Waals surface area (Å²) in [4.78, 5) is 32.1. The summed E-state index contributed by atoms with van der Waals surface area (Å²) in [6, 6.07) is -0.132. The van der Waals surface area contributed by atoms with Gasteiger partial charge in [-0.25, -0.2) is 4.79 Å². The highest BCUT2D eigenvalue weighted by Crippen LogP contribution is 2.16. The van der Waals surface area contributed by atoms with Crippen LogP contribution < -0.4 is 19.9 Å². The molecular formula is C9H10N8O4. The fraction of sp³-hybridized carbons (Fsp3) is 0.333. The molecule has 12 heteroatoms. The van der Waals surface area contributed by atoms with Crippen molar-refractivity contribution in [1.29, 1.82) is 0 Å². The van der Waals surface area contributed by atoms with Gasteiger partial charge in [-0.15, -0.1) is 20.2 Å². The number of ether oxygens (including phenoxy) is 3. The minimum atomic E-state index is -0.679. The highest BCUT2D eigenvalue weighted by molar-refractivity contribution is 5.21. The van der Waals surface area contributed by atoms with E-state index >= 15 is 0 Å². The Morgan fingerprint density at radius 2 is 1.38 bits per heavy atom. The molecule has 2 aromatic rings. The van der Waals surface area contributed by atoms with Crippen LogP contribution in [0.15, 0.2) is 15.0 Å². The van der Waals surface area contributed by atoms with Crippen LogP contribution in [0, 0.1) is 0 Å². The molecule has 0 aromatic carbocycles. The second kappa shape index (κ2) is 6.31. The van der Waals surface area contributed by atoms with E-state index in [1.54, 1.807) is 0 Å². The van der Waals surface area contributed by atoms with Gasteiger partial charge >= 0.3 is 23.7 Å². The highest BCUT2D eigenvalue weighted by Gasteiger charge is 2.07. The molecule has 0 unspecified atom stereocenters. The van der Waals surface area contributed by atoms with Crippen LogP contribution in [0.1, 0.15) is 0 Å². The number of nitrogens with one attached hydrogen (secondary N) is 1. The lowest BCUT2D eigenvalue weighted by atomic mass is 10.9. The third-order valence-electron chi connectivity index (χ3n) is 1.98. The predicted molar refractivity (Wildman–Crippen MR) is 66.3 cm³/mol. The predicted octanol–water partition coefficient (Wildman–Crippen LogP) is -0.209. The molecule has 0 amide bonds. The first-order chi connectivity index (χ1) is 10.1. The lowest BCUT2D eigenvalue weighted by molar-refractivity contribution is 0.340. The first kappa shape index (κ1) is 14.2. The maximum Gasteiger partial charge on any atom is 0.352 e. The number of rotatable bonds is 5. The average molecular weight is 294 g/mol. The van der Waals surface area contributed by atoms with Gasteiger partial charge in [0.25, 0.3) is 11.9 Å². The van der Waals surface area contributed by atoms with Crippen LogP contribution >= 0.6 is 0 Å². The monoisotopic (exact) mass is 294 g/mol. The lowest BCUT2D eigenvalue weighted by Gasteiger charge is -2.01. The minimum Gasteiger partial charge on any atom is -0.467 e. The van der Waals surface area contributed by atoms with Crippen molar-refractivity contribution < 1.29 is 14.2 Å². The second-order valence-electron chi connectivity index (χ2n) is 3.27. The molecule has 0 spiro atoms. The molecule has 1 N–H and O–H groups in total. The van der Waals surface area contributed by atoms with E-state index in [0.717, 1.165) is 0 Å². The van der Waals surface area contributed by atoms with Gasteiger partial charge in [0.15, 0.2) is 0 Å². The fourth-order valence-electron chi connectivity index (χ4n) is 1.14. The van der Waals surface area contributed by atoms with Crippen molar-refractivity contribution in [2.24, 2.45) is 10.2 Å². The molecule has 2 rings (SSSR count). The summed E-state index contributed by atoms with van der Waals surface area (Å²) in [6.07, 6.45) is 0. The van der Waals surface area contributed by atoms with Crippen molar-refractivity contribution in [2.75, 3.05) is 21.3 Å². The Hall–Kier alpha value is -3.18. The van der Waals surface area contributed by atoms with Gasteiger partial charge in [-0.05, 0) is 0 Å². The molecule has 0 radical (unpaired) electrons. The molecule has 12 nitrogen and oxygen atoms in total. The normalized spacial score (nSPS) is 10.6. The average Bonchev–Trinajstić information content (AvgIpc) is 2.51. The van der Waals surface area contributed by atoms with Crippen molar-refractivity contribution in [1.82, 2.24) is 29.9 Å². The van der Waals surface area contributed by atoms with Gasteiger partial charge in [-0.1, -0.05) is 0 Å². The second-order valence-corrected chi connectivity index (χ2v) is 3.27. The molecule has 110 valence electrons. The smallest absolute Gasteiger partial charge is 0.352 e. The van der Waals surface area contributed by atoms with Crippen LogP contribution in [0.4, 0.5) is 11.9 Å². The number of aromatic nitrogens is 6. The topological polar surface area (TPSA) is 150 Å². The van der Waals surface area contributed by atoms with E-state index in [-0.39, 0.29) is 29.9 Å². The maximum atomic E-state index is 11.2. The van der Waals surface area contributed by atoms with Gasteiger partial charge in [0.2, 0.25) is 0 Å². The van der Waals surface area contributed by atoms with Gasteiger partial charge in [0, 0.05) is 0 Å². The van der Waals surface area contributed by atoms with Crippen molar-refractivity contribution in [3.63, 3.8) is 0 Å². The van der Waals surface area contributed by atoms with Gasteiger partial charge in [-0.3, -0.25) is 4.98 Å². The molecule has 2 heterocycles. The van der Waals surface area contributed by atoms with E-state index in [9.17, 15) is 4.79 Å². The number of H-pyrrole nitrogens is 1. The fourth-order valence-corrected chi connectivity index (χ4v) is 1.14. The summed E-state index contributed by atoms with van der Waals surface area (Å²) in [5, 5.41) is 7.37. The molecule has 0 aliphatic heterocycles. The Kier molecular flexibility index (Phi) is 4.28. The zero-order valence-electron chi connectivity index (χ0n) is 11.3. The molecule has 21 heavy (non-hydrogen) atoms. The maximum absolute atomic E-state index is 11.2. The van der Waals surface area contributed by atoms with Crippen LogP contribution in [0.2, 0.25) is 0 Å². The van der Waals surface area contributed by atoms with Gasteiger partial charge in [0.1, 0.15) is 0 Å². The largest absolute Gasteiger partial charge is 0.467 e. The van der Waals surface area contributed by atoms with Crippen LogP contribution in [0.5, 0.6) is 18.0 Å². The van der Waals surface area contributed by atoms with Gasteiger partial charge in [0.05, 0.1) is 21.3 Å². The molecule has 0 saturated heterocycles. The summed E-state index contributed by atoms with van der Waals surface area (Å²) >= 11 is 0. The van der Waals surface area contributed by atoms with Crippen LogP contribution in [-0.4, -0.2) is 51.2 Å². The van der Waals surface area contributed by atoms with E-state index in [1.807, 2.05) is 0 Å². The van der Waals surface area contributed by atoms with Crippen molar-refractivity contribution >= 4 is 11.9 Å². The number of aromatic amines is 1. The van der Waals surface area contributed by atoms with Crippen LogP contribution in [0.25, 0.3) is 0 Å². The molecule has 0 aliphatic rings. The van der Waals surface area contributed by atoms with E-state index < -0.39 is 5.69 Å². The molecule has 0 fully saturated rings. The van der Waals surface area contributed by atoms with Crippen molar-refractivity contribution in [2.45, 2.75) is 0 Å². The summed E-state index contributed by atoms with van der Waals surface area (Å²) in [5.74, 6) is -0.206. The summed E-state index contributed by atoms with van der Waals surface area (Å²) < 4.78 is 14.5. The van der Waals surface area contributed by atoms with Gasteiger partial charge in [-0.2, -0.15) is 15.0 Å². The summed E-state index contributed by atoms with van der Waals surface area (Å²) in [5.41, 5.74) is -0.679. The van der Waals surface area contributed by atoms with Crippen LogP contribution in [0.3, 0.4) is 0 Å². The molecule has 2 aromatic heterocycles. The molecule has 0 bridgehead atoms. The summed E-state index contributed by atoms with van der Waals surface area (Å²) in [6.45, 7) is 0. The molecule has 0 atom stereocenters. The number of azo groups is 1. The Morgan fingerprint density at radius 1 is 0.810 bits per heavy atom. The number of methoxy groups -OCH3 is 3. The Labute approximate surface area is 117 Å². The lowest BCUT2D eigenvalue weighted by Crippen LogP contribution is -2.12. The van der Waals surface area contributed by atoms with Crippen molar-refractivity contribution in [3.8, 4) is 18.0 Å². The van der Waals surface area contributed by atoms with Crippen LogP contribution in [-0.2, 0) is 0 Å². The van der Waals surface area contributed by atoms with E-state index in [0.29, 0.717) is 0 Å². The van der Waals surface area contributed by atoms with E-state index in [4.69, 9.17) is 14.2 Å². The Morgan fingerprint density at radius 3 is 1.95 bits per heavy atom. The zero-order chi connectivity index (χ0) is 15.2. The number of hydrogen-bond donors (Lipinski definition) is 1. The van der Waals surface area contributed by atoms with E-state index in [1.165, 1.54) is 21.3 Å². The number of nitrogens with zero attached hydrogens (tertiary/aromatic N) is 7. The standard InChI is InChI=1S/C9H10N8O4/c1-19-7-11-4(10-6(18)14-7)16-17-5-12-8(20-2)15-9(13-5)21-3/h1-3H3,(H,10,11,14,18). The minimum absolute atomic E-state index is 0.00422. The SMILES string of the molecule is COc1nc(N=Nc2nc(OC)nc(=O)[nH]2)nc(OC)n1. The quantitative estimate of drug-likeness (QED) is 0.738.